The molecule has 1 aromatic heterocycles. The van der Waals surface area contributed by atoms with Crippen molar-refractivity contribution in [2.45, 2.75) is 18.4 Å². The second kappa shape index (κ2) is 6.55. The second-order valence-electron chi connectivity index (χ2n) is 4.10. The Labute approximate surface area is 121 Å². The highest BCUT2D eigenvalue weighted by molar-refractivity contribution is 7.92. The van der Waals surface area contributed by atoms with E-state index in [9.17, 15) is 12.8 Å². The zero-order valence-electron chi connectivity index (χ0n) is 11.2. The molecule has 0 spiro atoms. The van der Waals surface area contributed by atoms with Gasteiger partial charge in [-0.2, -0.15) is 5.10 Å². The smallest absolute Gasteiger partial charge is 0.264 e. The molecule has 0 aliphatic rings. The summed E-state index contributed by atoms with van der Waals surface area (Å²) in [5.74, 6) is -0.807. The van der Waals surface area contributed by atoms with Gasteiger partial charge in [-0.1, -0.05) is 13.0 Å². The maximum atomic E-state index is 13.4. The minimum Gasteiger partial charge on any atom is -0.313 e. The van der Waals surface area contributed by atoms with Gasteiger partial charge in [0.2, 0.25) is 0 Å². The third-order valence-corrected chi connectivity index (χ3v) is 4.00. The maximum Gasteiger partial charge on any atom is 0.264 e. The number of hydrogen-bond acceptors (Lipinski definition) is 6. The molecule has 0 aliphatic heterocycles. The van der Waals surface area contributed by atoms with E-state index in [0.29, 0.717) is 18.7 Å². The van der Waals surface area contributed by atoms with Crippen molar-refractivity contribution in [2.24, 2.45) is 0 Å². The molecule has 2 rings (SSSR count). The topological polar surface area (TPSA) is 96.9 Å². The number of aromatic nitrogens is 3. The van der Waals surface area contributed by atoms with Crippen molar-refractivity contribution >= 4 is 16.0 Å². The van der Waals surface area contributed by atoms with Gasteiger partial charge in [0.1, 0.15) is 5.82 Å². The van der Waals surface area contributed by atoms with Gasteiger partial charge in [0, 0.05) is 6.54 Å². The van der Waals surface area contributed by atoms with Gasteiger partial charge in [0.05, 0.1) is 17.3 Å². The summed E-state index contributed by atoms with van der Waals surface area (Å²) in [4.78, 5) is 3.57. The van der Waals surface area contributed by atoms with Crippen LogP contribution in [-0.2, 0) is 16.6 Å². The predicted octanol–water partition coefficient (Wildman–Crippen LogP) is 0.921. The van der Waals surface area contributed by atoms with Crippen molar-refractivity contribution in [1.29, 1.82) is 0 Å². The molecule has 0 atom stereocenters. The molecule has 0 bridgehead atoms. The van der Waals surface area contributed by atoms with Crippen LogP contribution in [0.4, 0.5) is 10.3 Å². The van der Waals surface area contributed by atoms with Crippen LogP contribution < -0.4 is 10.0 Å². The summed E-state index contributed by atoms with van der Waals surface area (Å²) in [6, 6.07) is 3.61. The molecule has 0 saturated carbocycles. The molecule has 2 N–H and O–H groups in total. The van der Waals surface area contributed by atoms with Crippen molar-refractivity contribution in [3.8, 4) is 0 Å². The monoisotopic (exact) mass is 311 g/mol. The SMILES string of the molecule is CCNCc1ccc(F)cc1S(=O)(=O)Nc1nccnn1. The Kier molecular flexibility index (Phi) is 4.76. The highest BCUT2D eigenvalue weighted by Gasteiger charge is 2.20. The summed E-state index contributed by atoms with van der Waals surface area (Å²) < 4.78 is 40.2. The standard InChI is InChI=1S/C12H14FN5O2S/c1-2-14-8-9-3-4-10(13)7-11(9)21(19,20)18-12-15-5-6-16-17-12/h3-7,14H,2,8H2,1H3,(H,15,17,18). The van der Waals surface area contributed by atoms with Crippen LogP contribution in [0.15, 0.2) is 35.5 Å². The minimum absolute atomic E-state index is 0.157. The molecule has 1 heterocycles. The average molecular weight is 311 g/mol. The van der Waals surface area contributed by atoms with Crippen LogP contribution in [0.2, 0.25) is 0 Å². The lowest BCUT2D eigenvalue weighted by atomic mass is 10.2. The molecule has 0 amide bonds. The zero-order valence-corrected chi connectivity index (χ0v) is 12.1. The summed E-state index contributed by atoms with van der Waals surface area (Å²) >= 11 is 0. The number of anilines is 1. The molecule has 112 valence electrons. The lowest BCUT2D eigenvalue weighted by Crippen LogP contribution is -2.20. The predicted molar refractivity (Wildman–Crippen MR) is 74.4 cm³/mol. The van der Waals surface area contributed by atoms with Gasteiger partial charge in [0.25, 0.3) is 16.0 Å². The molecular formula is C12H14FN5O2S. The van der Waals surface area contributed by atoms with Gasteiger partial charge < -0.3 is 5.32 Å². The number of nitrogens with one attached hydrogen (secondary N) is 2. The Bertz CT molecular complexity index is 709. The van der Waals surface area contributed by atoms with Crippen molar-refractivity contribution in [3.63, 3.8) is 0 Å². The van der Waals surface area contributed by atoms with Crippen molar-refractivity contribution in [1.82, 2.24) is 20.5 Å². The van der Waals surface area contributed by atoms with Crippen LogP contribution in [-0.4, -0.2) is 30.1 Å². The molecule has 0 aliphatic carbocycles. The fraction of sp³-hybridized carbons (Fsp3) is 0.250. The molecule has 0 fully saturated rings. The normalized spacial score (nSPS) is 11.3. The lowest BCUT2D eigenvalue weighted by Gasteiger charge is -2.11. The highest BCUT2D eigenvalue weighted by Crippen LogP contribution is 2.19. The Morgan fingerprint density at radius 1 is 1.29 bits per heavy atom. The van der Waals surface area contributed by atoms with E-state index in [2.05, 4.69) is 25.2 Å². The molecule has 0 saturated heterocycles. The van der Waals surface area contributed by atoms with E-state index in [-0.39, 0.29) is 10.8 Å². The summed E-state index contributed by atoms with van der Waals surface area (Å²) in [7, 11) is -3.99. The lowest BCUT2D eigenvalue weighted by molar-refractivity contribution is 0.590. The van der Waals surface area contributed by atoms with Gasteiger partial charge in [-0.3, -0.25) is 0 Å². The number of benzene rings is 1. The van der Waals surface area contributed by atoms with Gasteiger partial charge in [-0.05, 0) is 24.2 Å². The highest BCUT2D eigenvalue weighted by atomic mass is 32.2. The molecular weight excluding hydrogens is 297 g/mol. The molecule has 7 nitrogen and oxygen atoms in total. The first-order valence-electron chi connectivity index (χ1n) is 6.18. The molecule has 1 aromatic carbocycles. The number of hydrogen-bond donors (Lipinski definition) is 2. The number of nitrogens with zero attached hydrogens (tertiary/aromatic N) is 3. The summed E-state index contributed by atoms with van der Waals surface area (Å²) in [6.07, 6.45) is 2.62. The van der Waals surface area contributed by atoms with Crippen LogP contribution in [0.25, 0.3) is 0 Å². The number of halogens is 1. The van der Waals surface area contributed by atoms with Gasteiger partial charge in [-0.25, -0.2) is 22.5 Å². The van der Waals surface area contributed by atoms with Crippen molar-refractivity contribution < 1.29 is 12.8 Å². The van der Waals surface area contributed by atoms with Crippen LogP contribution in [0, 0.1) is 5.82 Å². The third-order valence-electron chi connectivity index (χ3n) is 2.59. The van der Waals surface area contributed by atoms with Crippen LogP contribution >= 0.6 is 0 Å². The summed E-state index contributed by atoms with van der Waals surface area (Å²) in [6.45, 7) is 2.86. The van der Waals surface area contributed by atoms with Crippen LogP contribution in [0.5, 0.6) is 0 Å². The molecule has 21 heavy (non-hydrogen) atoms. The molecule has 0 unspecified atom stereocenters. The summed E-state index contributed by atoms with van der Waals surface area (Å²) in [5, 5.41) is 10.1. The van der Waals surface area contributed by atoms with E-state index in [0.717, 1.165) is 6.07 Å². The van der Waals surface area contributed by atoms with E-state index >= 15 is 0 Å². The van der Waals surface area contributed by atoms with Gasteiger partial charge in [-0.15, -0.1) is 5.10 Å². The van der Waals surface area contributed by atoms with E-state index in [4.69, 9.17) is 0 Å². The van der Waals surface area contributed by atoms with Crippen molar-refractivity contribution in [3.05, 3.63) is 42.0 Å². The molecule has 9 heteroatoms. The Hall–Kier alpha value is -2.13. The quantitative estimate of drug-likeness (QED) is 0.823. The van der Waals surface area contributed by atoms with Gasteiger partial charge in [0.15, 0.2) is 0 Å². The number of rotatable bonds is 6. The molecule has 0 radical (unpaired) electrons. The van der Waals surface area contributed by atoms with E-state index < -0.39 is 15.8 Å². The van der Waals surface area contributed by atoms with Gasteiger partial charge >= 0.3 is 0 Å². The first-order valence-corrected chi connectivity index (χ1v) is 7.67. The van der Waals surface area contributed by atoms with E-state index in [1.54, 1.807) is 0 Å². The van der Waals surface area contributed by atoms with E-state index in [1.807, 2.05) is 6.92 Å². The fourth-order valence-corrected chi connectivity index (χ4v) is 2.85. The fourth-order valence-electron chi connectivity index (χ4n) is 1.65. The second-order valence-corrected chi connectivity index (χ2v) is 5.76. The number of sulfonamides is 1. The average Bonchev–Trinajstić information content (AvgIpc) is 2.46. The first-order chi connectivity index (χ1) is 10.0. The van der Waals surface area contributed by atoms with E-state index in [1.165, 1.54) is 24.5 Å². The largest absolute Gasteiger partial charge is 0.313 e. The summed E-state index contributed by atoms with van der Waals surface area (Å²) in [5.41, 5.74) is 0.453. The zero-order chi connectivity index (χ0) is 15.3. The Morgan fingerprint density at radius 2 is 2.10 bits per heavy atom. The van der Waals surface area contributed by atoms with Crippen molar-refractivity contribution in [2.75, 3.05) is 11.3 Å². The molecule has 2 aromatic rings. The van der Waals surface area contributed by atoms with Crippen LogP contribution in [0.3, 0.4) is 0 Å². The maximum absolute atomic E-state index is 13.4. The first kappa shape index (κ1) is 15.3. The van der Waals surface area contributed by atoms with Crippen LogP contribution in [0.1, 0.15) is 12.5 Å². The minimum atomic E-state index is -3.99. The Balaban J connectivity index is 2.36. The third kappa shape index (κ3) is 3.92. The Morgan fingerprint density at radius 3 is 2.76 bits per heavy atom.